The van der Waals surface area contributed by atoms with Crippen LogP contribution < -0.4 is 10.6 Å². The van der Waals surface area contributed by atoms with E-state index in [2.05, 4.69) is 0 Å². The Kier molecular flexibility index (Phi) is 5.03. The van der Waals surface area contributed by atoms with Gasteiger partial charge in [-0.3, -0.25) is 9.59 Å². The van der Waals surface area contributed by atoms with Crippen LogP contribution in [0.15, 0.2) is 29.2 Å². The molecule has 0 aliphatic carbocycles. The standard InChI is InChI=1S/C14H18N2O3S/c1-2-19-13(17)7-8-16-11-5-3-4-6-12(11)20-9-10(15)14(16)18/h3-6,10H,2,7-9,15H2,1H3. The number of esters is 1. The summed E-state index contributed by atoms with van der Waals surface area (Å²) < 4.78 is 4.90. The Morgan fingerprint density at radius 1 is 1.50 bits per heavy atom. The molecular formula is C14H18N2O3S. The van der Waals surface area contributed by atoms with Crippen LogP contribution in [-0.2, 0) is 14.3 Å². The molecule has 1 atom stereocenters. The number of nitrogens with zero attached hydrogens (tertiary/aromatic N) is 1. The van der Waals surface area contributed by atoms with Crippen LogP contribution in [0, 0.1) is 0 Å². The Labute approximate surface area is 122 Å². The molecule has 2 N–H and O–H groups in total. The van der Waals surface area contributed by atoms with E-state index < -0.39 is 6.04 Å². The number of rotatable bonds is 4. The summed E-state index contributed by atoms with van der Waals surface area (Å²) in [5.74, 6) is 0.0983. The molecule has 0 spiro atoms. The fourth-order valence-electron chi connectivity index (χ4n) is 2.04. The average molecular weight is 294 g/mol. The molecule has 6 heteroatoms. The highest BCUT2D eigenvalue weighted by atomic mass is 32.2. The molecule has 20 heavy (non-hydrogen) atoms. The van der Waals surface area contributed by atoms with Crippen molar-refractivity contribution in [2.75, 3.05) is 23.8 Å². The van der Waals surface area contributed by atoms with Gasteiger partial charge in [-0.2, -0.15) is 0 Å². The molecule has 0 saturated heterocycles. The van der Waals surface area contributed by atoms with Gasteiger partial charge in [-0.15, -0.1) is 11.8 Å². The van der Waals surface area contributed by atoms with Crippen LogP contribution in [0.2, 0.25) is 0 Å². The van der Waals surface area contributed by atoms with Gasteiger partial charge in [0.25, 0.3) is 0 Å². The lowest BCUT2D eigenvalue weighted by atomic mass is 10.2. The minimum absolute atomic E-state index is 0.147. The molecule has 0 bridgehead atoms. The van der Waals surface area contributed by atoms with Crippen molar-refractivity contribution in [3.05, 3.63) is 24.3 Å². The van der Waals surface area contributed by atoms with Crippen LogP contribution in [-0.4, -0.2) is 36.8 Å². The van der Waals surface area contributed by atoms with E-state index >= 15 is 0 Å². The molecule has 1 aromatic carbocycles. The molecule has 1 aliphatic heterocycles. The van der Waals surface area contributed by atoms with E-state index in [1.165, 1.54) is 0 Å². The Hall–Kier alpha value is -1.53. The third-order valence-electron chi connectivity index (χ3n) is 3.00. The van der Waals surface area contributed by atoms with Crippen LogP contribution in [0.25, 0.3) is 0 Å². The van der Waals surface area contributed by atoms with Crippen molar-refractivity contribution in [1.82, 2.24) is 0 Å². The summed E-state index contributed by atoms with van der Waals surface area (Å²) in [4.78, 5) is 26.4. The summed E-state index contributed by atoms with van der Waals surface area (Å²) >= 11 is 1.57. The molecule has 0 saturated carbocycles. The number of hydrogen-bond donors (Lipinski definition) is 1. The number of ether oxygens (including phenoxy) is 1. The van der Waals surface area contributed by atoms with E-state index in [0.717, 1.165) is 10.6 Å². The smallest absolute Gasteiger partial charge is 0.307 e. The zero-order valence-electron chi connectivity index (χ0n) is 11.4. The number of hydrogen-bond acceptors (Lipinski definition) is 5. The molecule has 1 unspecified atom stereocenters. The van der Waals surface area contributed by atoms with Crippen LogP contribution in [0.1, 0.15) is 13.3 Å². The number of para-hydroxylation sites is 1. The van der Waals surface area contributed by atoms with Gasteiger partial charge in [0.15, 0.2) is 0 Å². The Morgan fingerprint density at radius 3 is 3.00 bits per heavy atom. The summed E-state index contributed by atoms with van der Waals surface area (Å²) in [5.41, 5.74) is 6.70. The minimum Gasteiger partial charge on any atom is -0.466 e. The Bertz CT molecular complexity index is 507. The van der Waals surface area contributed by atoms with E-state index in [9.17, 15) is 9.59 Å². The number of thioether (sulfide) groups is 1. The van der Waals surface area contributed by atoms with Gasteiger partial charge < -0.3 is 15.4 Å². The lowest BCUT2D eigenvalue weighted by Crippen LogP contribution is -2.45. The molecule has 0 aromatic heterocycles. The van der Waals surface area contributed by atoms with E-state index in [1.54, 1.807) is 23.6 Å². The Morgan fingerprint density at radius 2 is 2.25 bits per heavy atom. The number of carbonyl (C=O) groups excluding carboxylic acids is 2. The molecule has 108 valence electrons. The summed E-state index contributed by atoms with van der Waals surface area (Å²) in [6, 6.07) is 7.10. The number of nitrogens with two attached hydrogens (primary N) is 1. The first kappa shape index (κ1) is 14.9. The van der Waals surface area contributed by atoms with Crippen molar-refractivity contribution < 1.29 is 14.3 Å². The van der Waals surface area contributed by atoms with Crippen LogP contribution >= 0.6 is 11.8 Å². The fraction of sp³-hybridized carbons (Fsp3) is 0.429. The molecule has 1 heterocycles. The predicted octanol–water partition coefficient (Wildman–Crippen LogP) is 1.41. The van der Waals surface area contributed by atoms with Crippen LogP contribution in [0.5, 0.6) is 0 Å². The van der Waals surface area contributed by atoms with Gasteiger partial charge in [-0.25, -0.2) is 0 Å². The maximum atomic E-state index is 12.3. The second-order valence-corrected chi connectivity index (χ2v) is 5.49. The third-order valence-corrected chi connectivity index (χ3v) is 4.18. The summed E-state index contributed by atoms with van der Waals surface area (Å²) in [6.07, 6.45) is 0.172. The predicted molar refractivity (Wildman–Crippen MR) is 78.7 cm³/mol. The molecular weight excluding hydrogens is 276 g/mol. The lowest BCUT2D eigenvalue weighted by molar-refractivity contribution is -0.142. The van der Waals surface area contributed by atoms with Crippen LogP contribution in [0.4, 0.5) is 5.69 Å². The monoisotopic (exact) mass is 294 g/mol. The largest absolute Gasteiger partial charge is 0.466 e. The highest BCUT2D eigenvalue weighted by Crippen LogP contribution is 2.33. The lowest BCUT2D eigenvalue weighted by Gasteiger charge is -2.23. The van der Waals surface area contributed by atoms with Crippen molar-refractivity contribution in [3.63, 3.8) is 0 Å². The van der Waals surface area contributed by atoms with Gasteiger partial charge in [0, 0.05) is 17.2 Å². The number of anilines is 1. The van der Waals surface area contributed by atoms with Crippen molar-refractivity contribution in [2.24, 2.45) is 5.73 Å². The van der Waals surface area contributed by atoms with Gasteiger partial charge in [0.1, 0.15) is 0 Å². The first-order valence-electron chi connectivity index (χ1n) is 6.58. The van der Waals surface area contributed by atoms with Gasteiger partial charge >= 0.3 is 5.97 Å². The normalized spacial score (nSPS) is 18.4. The van der Waals surface area contributed by atoms with Gasteiger partial charge in [-0.05, 0) is 19.1 Å². The SMILES string of the molecule is CCOC(=O)CCN1C(=O)C(N)CSc2ccccc21. The Balaban J connectivity index is 2.18. The topological polar surface area (TPSA) is 72.6 Å². The molecule has 0 radical (unpaired) electrons. The summed E-state index contributed by atoms with van der Waals surface area (Å²) in [6.45, 7) is 2.40. The highest BCUT2D eigenvalue weighted by Gasteiger charge is 2.28. The van der Waals surface area contributed by atoms with E-state index in [-0.39, 0.29) is 18.3 Å². The van der Waals surface area contributed by atoms with Gasteiger partial charge in [0.05, 0.1) is 24.8 Å². The fourth-order valence-corrected chi connectivity index (χ4v) is 3.04. The molecule has 1 aliphatic rings. The van der Waals surface area contributed by atoms with E-state index in [4.69, 9.17) is 10.5 Å². The van der Waals surface area contributed by atoms with E-state index in [0.29, 0.717) is 18.9 Å². The third kappa shape index (κ3) is 3.32. The van der Waals surface area contributed by atoms with Crippen molar-refractivity contribution in [3.8, 4) is 0 Å². The minimum atomic E-state index is -0.547. The zero-order valence-corrected chi connectivity index (χ0v) is 12.2. The second-order valence-electron chi connectivity index (χ2n) is 4.43. The summed E-state index contributed by atoms with van der Waals surface area (Å²) in [5, 5.41) is 0. The number of fused-ring (bicyclic) bond motifs is 1. The highest BCUT2D eigenvalue weighted by molar-refractivity contribution is 7.99. The first-order valence-corrected chi connectivity index (χ1v) is 7.56. The quantitative estimate of drug-likeness (QED) is 0.850. The first-order chi connectivity index (χ1) is 9.63. The van der Waals surface area contributed by atoms with Crippen molar-refractivity contribution in [2.45, 2.75) is 24.3 Å². The number of benzene rings is 1. The summed E-state index contributed by atoms with van der Waals surface area (Å²) in [7, 11) is 0. The average Bonchev–Trinajstić information content (AvgIpc) is 2.56. The molecule has 1 aromatic rings. The zero-order chi connectivity index (χ0) is 14.5. The maximum Gasteiger partial charge on any atom is 0.307 e. The van der Waals surface area contributed by atoms with Crippen molar-refractivity contribution in [1.29, 1.82) is 0 Å². The van der Waals surface area contributed by atoms with Crippen LogP contribution in [0.3, 0.4) is 0 Å². The molecule has 0 fully saturated rings. The molecule has 2 rings (SSSR count). The second kappa shape index (κ2) is 6.76. The maximum absolute atomic E-state index is 12.3. The molecule has 1 amide bonds. The molecule has 5 nitrogen and oxygen atoms in total. The van der Waals surface area contributed by atoms with Gasteiger partial charge in [0.2, 0.25) is 5.91 Å². The van der Waals surface area contributed by atoms with E-state index in [1.807, 2.05) is 24.3 Å². The van der Waals surface area contributed by atoms with Gasteiger partial charge in [-0.1, -0.05) is 12.1 Å². The number of amides is 1. The van der Waals surface area contributed by atoms with Crippen molar-refractivity contribution >= 4 is 29.3 Å². The number of carbonyl (C=O) groups is 2.